The minimum absolute atomic E-state index is 0.324. The Kier molecular flexibility index (Phi) is 5.36. The zero-order chi connectivity index (χ0) is 13.7. The molecule has 2 rings (SSSR count). The number of hydrogen-bond donors (Lipinski definition) is 2. The predicted molar refractivity (Wildman–Crippen MR) is 76.5 cm³/mol. The van der Waals surface area contributed by atoms with Crippen molar-refractivity contribution in [3.05, 3.63) is 17.0 Å². The van der Waals surface area contributed by atoms with Crippen molar-refractivity contribution < 1.29 is 5.11 Å². The summed E-state index contributed by atoms with van der Waals surface area (Å²) >= 11 is 5.88. The summed E-state index contributed by atoms with van der Waals surface area (Å²) in [6.07, 6.45) is 2.18. The second-order valence-electron chi connectivity index (χ2n) is 5.02. The van der Waals surface area contributed by atoms with Crippen LogP contribution in [0.4, 0.5) is 5.82 Å². The van der Waals surface area contributed by atoms with Gasteiger partial charge in [-0.05, 0) is 38.8 Å². The Balaban J connectivity index is 1.72. The van der Waals surface area contributed by atoms with Crippen LogP contribution in [0.3, 0.4) is 0 Å². The third-order valence-corrected chi connectivity index (χ3v) is 3.70. The number of piperidine rings is 1. The highest BCUT2D eigenvalue weighted by atomic mass is 35.5. The third-order valence-electron chi connectivity index (χ3n) is 3.51. The zero-order valence-corrected chi connectivity index (χ0v) is 12.0. The molecule has 1 aromatic heterocycles. The highest BCUT2D eigenvalue weighted by Crippen LogP contribution is 2.16. The molecular weight excluding hydrogens is 264 g/mol. The molecule has 106 valence electrons. The van der Waals surface area contributed by atoms with Gasteiger partial charge < -0.3 is 15.3 Å². The number of aliphatic hydroxyl groups is 1. The lowest BCUT2D eigenvalue weighted by atomic mass is 9.98. The van der Waals surface area contributed by atoms with Crippen LogP contribution in [0.5, 0.6) is 0 Å². The van der Waals surface area contributed by atoms with Gasteiger partial charge in [0, 0.05) is 25.8 Å². The lowest BCUT2D eigenvalue weighted by molar-refractivity contribution is 0.134. The van der Waals surface area contributed by atoms with Crippen LogP contribution >= 0.6 is 11.6 Å². The number of aromatic nitrogens is 2. The van der Waals surface area contributed by atoms with E-state index in [0.29, 0.717) is 23.5 Å². The number of nitrogens with one attached hydrogen (secondary N) is 1. The topological polar surface area (TPSA) is 61.3 Å². The van der Waals surface area contributed by atoms with Crippen LogP contribution in [0.2, 0.25) is 5.15 Å². The van der Waals surface area contributed by atoms with Crippen molar-refractivity contribution in [2.45, 2.75) is 19.8 Å². The normalized spacial score (nSPS) is 17.6. The minimum atomic E-state index is 0.324. The molecule has 0 spiro atoms. The smallest absolute Gasteiger partial charge is 0.134 e. The zero-order valence-electron chi connectivity index (χ0n) is 11.3. The average molecular weight is 285 g/mol. The molecule has 1 fully saturated rings. The lowest BCUT2D eigenvalue weighted by Crippen LogP contribution is -2.37. The number of aryl methyl sites for hydroxylation is 1. The summed E-state index contributed by atoms with van der Waals surface area (Å²) in [5.74, 6) is 1.95. The Labute approximate surface area is 119 Å². The van der Waals surface area contributed by atoms with Crippen molar-refractivity contribution in [3.8, 4) is 0 Å². The second kappa shape index (κ2) is 7.03. The maximum atomic E-state index is 9.10. The van der Waals surface area contributed by atoms with Gasteiger partial charge in [0.05, 0.1) is 0 Å². The van der Waals surface area contributed by atoms with Gasteiger partial charge in [0.15, 0.2) is 0 Å². The van der Waals surface area contributed by atoms with E-state index in [1.807, 2.05) is 6.92 Å². The van der Waals surface area contributed by atoms with Crippen LogP contribution in [0.15, 0.2) is 6.07 Å². The standard InChI is InChI=1S/C13H21ClN4O/c1-10-16-12(14)8-13(17-10)15-4-7-18-5-2-11(9-19)3-6-18/h8,11,19H,2-7,9H2,1H3,(H,15,16,17). The van der Waals surface area contributed by atoms with E-state index in [1.165, 1.54) is 0 Å². The lowest BCUT2D eigenvalue weighted by Gasteiger charge is -2.31. The first-order valence-corrected chi connectivity index (χ1v) is 7.13. The van der Waals surface area contributed by atoms with Gasteiger partial charge in [-0.25, -0.2) is 9.97 Å². The van der Waals surface area contributed by atoms with Crippen LogP contribution in [0, 0.1) is 12.8 Å². The van der Waals surface area contributed by atoms with Gasteiger partial charge >= 0.3 is 0 Å². The molecule has 6 heteroatoms. The molecule has 0 amide bonds. The Morgan fingerprint density at radius 3 is 2.79 bits per heavy atom. The first-order valence-electron chi connectivity index (χ1n) is 6.75. The van der Waals surface area contributed by atoms with Gasteiger partial charge in [-0.15, -0.1) is 0 Å². The molecule has 19 heavy (non-hydrogen) atoms. The maximum Gasteiger partial charge on any atom is 0.134 e. The van der Waals surface area contributed by atoms with Crippen LogP contribution < -0.4 is 5.32 Å². The molecule has 2 heterocycles. The van der Waals surface area contributed by atoms with Gasteiger partial charge in [-0.3, -0.25) is 0 Å². The van der Waals surface area contributed by atoms with Crippen LogP contribution in [0.1, 0.15) is 18.7 Å². The maximum absolute atomic E-state index is 9.10. The van der Waals surface area contributed by atoms with E-state index in [1.54, 1.807) is 6.07 Å². The number of hydrogen-bond acceptors (Lipinski definition) is 5. The molecule has 2 N–H and O–H groups in total. The van der Waals surface area contributed by atoms with Gasteiger partial charge in [-0.1, -0.05) is 11.6 Å². The molecule has 0 aromatic carbocycles. The molecule has 0 unspecified atom stereocenters. The number of rotatable bonds is 5. The van der Waals surface area contributed by atoms with E-state index >= 15 is 0 Å². The van der Waals surface area contributed by atoms with Crippen molar-refractivity contribution in [3.63, 3.8) is 0 Å². The number of nitrogens with zero attached hydrogens (tertiary/aromatic N) is 3. The first kappa shape index (κ1) is 14.5. The Hall–Kier alpha value is -0.910. The highest BCUT2D eigenvalue weighted by Gasteiger charge is 2.17. The average Bonchev–Trinajstić information content (AvgIpc) is 2.38. The van der Waals surface area contributed by atoms with Crippen molar-refractivity contribution in [2.24, 2.45) is 5.92 Å². The van der Waals surface area contributed by atoms with E-state index in [9.17, 15) is 0 Å². The Bertz CT molecular complexity index is 387. The molecule has 1 saturated heterocycles. The van der Waals surface area contributed by atoms with Crippen molar-refractivity contribution in [1.29, 1.82) is 0 Å². The third kappa shape index (κ3) is 4.60. The van der Waals surface area contributed by atoms with Crippen molar-refractivity contribution >= 4 is 17.4 Å². The number of likely N-dealkylation sites (tertiary alicyclic amines) is 1. The fraction of sp³-hybridized carbons (Fsp3) is 0.692. The van der Waals surface area contributed by atoms with E-state index < -0.39 is 0 Å². The van der Waals surface area contributed by atoms with Crippen LogP contribution in [-0.4, -0.2) is 52.8 Å². The predicted octanol–water partition coefficient (Wildman–Crippen LogP) is 1.55. The molecular formula is C13H21ClN4O. The monoisotopic (exact) mass is 284 g/mol. The first-order chi connectivity index (χ1) is 9.17. The summed E-state index contributed by atoms with van der Waals surface area (Å²) < 4.78 is 0. The van der Waals surface area contributed by atoms with Gasteiger partial charge in [0.25, 0.3) is 0 Å². The number of anilines is 1. The van der Waals surface area contributed by atoms with E-state index in [0.717, 1.165) is 44.8 Å². The molecule has 1 aromatic rings. The number of aliphatic hydroxyl groups excluding tert-OH is 1. The molecule has 0 bridgehead atoms. The van der Waals surface area contributed by atoms with E-state index in [-0.39, 0.29) is 0 Å². The summed E-state index contributed by atoms with van der Waals surface area (Å²) in [5.41, 5.74) is 0. The second-order valence-corrected chi connectivity index (χ2v) is 5.40. The Morgan fingerprint density at radius 1 is 1.42 bits per heavy atom. The van der Waals surface area contributed by atoms with E-state index in [2.05, 4.69) is 20.2 Å². The molecule has 0 atom stereocenters. The van der Waals surface area contributed by atoms with Crippen LogP contribution in [-0.2, 0) is 0 Å². The summed E-state index contributed by atoms with van der Waals surface area (Å²) in [6, 6.07) is 1.74. The van der Waals surface area contributed by atoms with Gasteiger partial charge in [-0.2, -0.15) is 0 Å². The molecule has 5 nitrogen and oxygen atoms in total. The fourth-order valence-corrected chi connectivity index (χ4v) is 2.58. The molecule has 1 aliphatic rings. The summed E-state index contributed by atoms with van der Waals surface area (Å²) in [4.78, 5) is 10.7. The Morgan fingerprint density at radius 2 is 2.16 bits per heavy atom. The largest absolute Gasteiger partial charge is 0.396 e. The summed E-state index contributed by atoms with van der Waals surface area (Å²) in [7, 11) is 0. The molecule has 0 radical (unpaired) electrons. The molecule has 0 saturated carbocycles. The molecule has 0 aliphatic carbocycles. The summed E-state index contributed by atoms with van der Waals surface area (Å²) in [6.45, 7) is 6.11. The van der Waals surface area contributed by atoms with Crippen molar-refractivity contribution in [2.75, 3.05) is 38.1 Å². The SMILES string of the molecule is Cc1nc(Cl)cc(NCCN2CCC(CO)CC2)n1. The minimum Gasteiger partial charge on any atom is -0.396 e. The quantitative estimate of drug-likeness (QED) is 0.804. The summed E-state index contributed by atoms with van der Waals surface area (Å²) in [5, 5.41) is 12.8. The fourth-order valence-electron chi connectivity index (χ4n) is 2.36. The molecule has 1 aliphatic heterocycles. The van der Waals surface area contributed by atoms with Gasteiger partial charge in [0.1, 0.15) is 16.8 Å². The van der Waals surface area contributed by atoms with Crippen LogP contribution in [0.25, 0.3) is 0 Å². The van der Waals surface area contributed by atoms with E-state index in [4.69, 9.17) is 16.7 Å². The number of halogens is 1. The van der Waals surface area contributed by atoms with Crippen molar-refractivity contribution in [1.82, 2.24) is 14.9 Å². The highest BCUT2D eigenvalue weighted by molar-refractivity contribution is 6.29. The van der Waals surface area contributed by atoms with Gasteiger partial charge in [0.2, 0.25) is 0 Å².